The number of aromatic nitrogens is 1. The molecule has 1 aliphatic rings. The second kappa shape index (κ2) is 3.43. The highest BCUT2D eigenvalue weighted by Crippen LogP contribution is 2.47. The first-order valence-electron chi connectivity index (χ1n) is 5.44. The van der Waals surface area contributed by atoms with Gasteiger partial charge < -0.3 is 9.88 Å². The van der Waals surface area contributed by atoms with E-state index in [0.717, 1.165) is 6.54 Å². The molecule has 0 saturated heterocycles. The van der Waals surface area contributed by atoms with Crippen LogP contribution in [-0.4, -0.2) is 10.6 Å². The first-order valence-corrected chi connectivity index (χ1v) is 5.44. The molecule has 0 bridgehead atoms. The smallest absolute Gasteiger partial charge is 0.0223 e. The molecule has 1 aliphatic carbocycles. The summed E-state index contributed by atoms with van der Waals surface area (Å²) in [7, 11) is 2.06. The summed E-state index contributed by atoms with van der Waals surface area (Å²) in [4.78, 5) is 0. The number of hydrogen-bond donors (Lipinski definition) is 1. The van der Waals surface area contributed by atoms with Crippen molar-refractivity contribution in [3.05, 3.63) is 24.0 Å². The molecule has 0 spiro atoms. The monoisotopic (exact) mass is 192 g/mol. The van der Waals surface area contributed by atoms with E-state index in [9.17, 15) is 0 Å². The van der Waals surface area contributed by atoms with Gasteiger partial charge in [0.25, 0.3) is 0 Å². The quantitative estimate of drug-likeness (QED) is 0.774. The Balaban J connectivity index is 1.82. The lowest BCUT2D eigenvalue weighted by Crippen LogP contribution is -2.32. The van der Waals surface area contributed by atoms with Crippen molar-refractivity contribution in [3.63, 3.8) is 0 Å². The summed E-state index contributed by atoms with van der Waals surface area (Å²) in [6.45, 7) is 5.67. The van der Waals surface area contributed by atoms with Crippen LogP contribution < -0.4 is 5.32 Å². The van der Waals surface area contributed by atoms with E-state index in [1.54, 1.807) is 0 Å². The molecule has 1 aromatic heterocycles. The fraction of sp³-hybridized carbons (Fsp3) is 0.667. The van der Waals surface area contributed by atoms with Crippen LogP contribution in [0.5, 0.6) is 0 Å². The molecule has 1 heterocycles. The summed E-state index contributed by atoms with van der Waals surface area (Å²) in [6, 6.07) is 2.82. The van der Waals surface area contributed by atoms with Gasteiger partial charge in [-0.15, -0.1) is 0 Å². The van der Waals surface area contributed by atoms with E-state index in [-0.39, 0.29) is 0 Å². The van der Waals surface area contributed by atoms with Crippen molar-refractivity contribution in [1.29, 1.82) is 0 Å². The zero-order valence-corrected chi connectivity index (χ0v) is 9.38. The third kappa shape index (κ3) is 2.01. The molecule has 1 fully saturated rings. The van der Waals surface area contributed by atoms with Crippen LogP contribution in [0, 0.1) is 5.41 Å². The van der Waals surface area contributed by atoms with Crippen molar-refractivity contribution in [2.45, 2.75) is 39.3 Å². The molecular formula is C12H20N2. The fourth-order valence-corrected chi connectivity index (χ4v) is 1.81. The predicted octanol–water partition coefficient (Wildman–Crippen LogP) is 2.30. The molecule has 1 aromatic rings. The van der Waals surface area contributed by atoms with Gasteiger partial charge in [0.15, 0.2) is 0 Å². The van der Waals surface area contributed by atoms with Crippen molar-refractivity contribution in [3.8, 4) is 0 Å². The molecule has 1 unspecified atom stereocenters. The molecule has 1 saturated carbocycles. The maximum Gasteiger partial charge on any atom is 0.0223 e. The van der Waals surface area contributed by atoms with Gasteiger partial charge in [-0.2, -0.15) is 0 Å². The zero-order valence-electron chi connectivity index (χ0n) is 9.38. The van der Waals surface area contributed by atoms with Crippen molar-refractivity contribution in [2.24, 2.45) is 12.5 Å². The van der Waals surface area contributed by atoms with Gasteiger partial charge in [0.05, 0.1) is 0 Å². The number of aryl methyl sites for hydroxylation is 1. The van der Waals surface area contributed by atoms with Crippen molar-refractivity contribution in [2.75, 3.05) is 0 Å². The summed E-state index contributed by atoms with van der Waals surface area (Å²) >= 11 is 0. The highest BCUT2D eigenvalue weighted by atomic mass is 15.0. The lowest BCUT2D eigenvalue weighted by molar-refractivity contribution is 0.380. The van der Waals surface area contributed by atoms with Gasteiger partial charge in [-0.05, 0) is 36.8 Å². The molecule has 1 N–H and O–H groups in total. The number of rotatable bonds is 4. The first kappa shape index (κ1) is 9.78. The minimum Gasteiger partial charge on any atom is -0.357 e. The van der Waals surface area contributed by atoms with Crippen LogP contribution in [0.2, 0.25) is 0 Å². The Morgan fingerprint density at radius 1 is 1.57 bits per heavy atom. The highest BCUT2D eigenvalue weighted by Gasteiger charge is 2.42. The fourth-order valence-electron chi connectivity index (χ4n) is 1.81. The van der Waals surface area contributed by atoms with Gasteiger partial charge in [0, 0.05) is 32.0 Å². The number of nitrogens with zero attached hydrogens (tertiary/aromatic N) is 1. The van der Waals surface area contributed by atoms with Crippen LogP contribution in [-0.2, 0) is 13.6 Å². The maximum atomic E-state index is 3.60. The Labute approximate surface area is 86.3 Å². The van der Waals surface area contributed by atoms with Crippen LogP contribution in [0.1, 0.15) is 32.3 Å². The number of hydrogen-bond acceptors (Lipinski definition) is 1. The number of nitrogens with one attached hydrogen (secondary N) is 1. The Morgan fingerprint density at radius 3 is 2.79 bits per heavy atom. The minimum absolute atomic E-state index is 0.578. The van der Waals surface area contributed by atoms with E-state index in [0.29, 0.717) is 11.5 Å². The van der Waals surface area contributed by atoms with Crippen molar-refractivity contribution >= 4 is 0 Å². The van der Waals surface area contributed by atoms with E-state index in [2.05, 4.69) is 49.2 Å². The normalized spacial score (nSPS) is 20.8. The molecule has 2 rings (SSSR count). The van der Waals surface area contributed by atoms with Crippen LogP contribution in [0.4, 0.5) is 0 Å². The van der Waals surface area contributed by atoms with Gasteiger partial charge in [-0.3, -0.25) is 0 Å². The van der Waals surface area contributed by atoms with E-state index in [4.69, 9.17) is 0 Å². The maximum absolute atomic E-state index is 3.60. The summed E-state index contributed by atoms with van der Waals surface area (Å²) in [6.07, 6.45) is 7.04. The van der Waals surface area contributed by atoms with Crippen LogP contribution >= 0.6 is 0 Å². The molecule has 0 aliphatic heterocycles. The van der Waals surface area contributed by atoms with Crippen molar-refractivity contribution < 1.29 is 0 Å². The average molecular weight is 192 g/mol. The second-order valence-corrected chi connectivity index (χ2v) is 4.94. The van der Waals surface area contributed by atoms with Gasteiger partial charge in [0.1, 0.15) is 0 Å². The average Bonchev–Trinajstić information content (AvgIpc) is 2.76. The highest BCUT2D eigenvalue weighted by molar-refractivity contribution is 5.10. The van der Waals surface area contributed by atoms with Gasteiger partial charge in [-0.25, -0.2) is 0 Å². The van der Waals surface area contributed by atoms with E-state index in [1.165, 1.54) is 18.4 Å². The molecule has 2 heteroatoms. The predicted molar refractivity (Wildman–Crippen MR) is 59.1 cm³/mol. The molecule has 2 nitrogen and oxygen atoms in total. The van der Waals surface area contributed by atoms with Crippen LogP contribution in [0.15, 0.2) is 18.5 Å². The zero-order chi connectivity index (χ0) is 10.2. The Kier molecular flexibility index (Phi) is 2.40. The summed E-state index contributed by atoms with van der Waals surface area (Å²) in [5.41, 5.74) is 1.96. The lowest BCUT2D eigenvalue weighted by Gasteiger charge is -2.19. The first-order chi connectivity index (χ1) is 6.60. The van der Waals surface area contributed by atoms with Gasteiger partial charge >= 0.3 is 0 Å². The summed E-state index contributed by atoms with van der Waals surface area (Å²) in [5, 5.41) is 3.60. The van der Waals surface area contributed by atoms with Crippen molar-refractivity contribution in [1.82, 2.24) is 9.88 Å². The molecular weight excluding hydrogens is 172 g/mol. The van der Waals surface area contributed by atoms with Crippen LogP contribution in [0.25, 0.3) is 0 Å². The molecule has 14 heavy (non-hydrogen) atoms. The largest absolute Gasteiger partial charge is 0.357 e. The SMILES string of the molecule is CC(NCc1ccn(C)c1)C1(C)CC1. The third-order valence-electron chi connectivity index (χ3n) is 3.59. The van der Waals surface area contributed by atoms with E-state index >= 15 is 0 Å². The van der Waals surface area contributed by atoms with Gasteiger partial charge in [0.2, 0.25) is 0 Å². The van der Waals surface area contributed by atoms with Crippen LogP contribution in [0.3, 0.4) is 0 Å². The minimum atomic E-state index is 0.578. The standard InChI is InChI=1S/C12H20N2/c1-10(12(2)5-6-12)13-8-11-4-7-14(3)9-11/h4,7,9-10,13H,5-6,8H2,1-3H3. The van der Waals surface area contributed by atoms with Gasteiger partial charge in [-0.1, -0.05) is 6.92 Å². The Hall–Kier alpha value is -0.760. The second-order valence-electron chi connectivity index (χ2n) is 4.94. The molecule has 0 aromatic carbocycles. The molecule has 1 atom stereocenters. The third-order valence-corrected chi connectivity index (χ3v) is 3.59. The van der Waals surface area contributed by atoms with E-state index in [1.807, 2.05) is 0 Å². The summed E-state index contributed by atoms with van der Waals surface area (Å²) in [5.74, 6) is 0. The molecule has 78 valence electrons. The molecule has 0 amide bonds. The Morgan fingerprint density at radius 2 is 2.29 bits per heavy atom. The summed E-state index contributed by atoms with van der Waals surface area (Å²) < 4.78 is 2.10. The lowest BCUT2D eigenvalue weighted by atomic mass is 10.0. The molecule has 0 radical (unpaired) electrons. The van der Waals surface area contributed by atoms with E-state index < -0.39 is 0 Å². The Bertz CT molecular complexity index is 310. The topological polar surface area (TPSA) is 17.0 Å².